The van der Waals surface area contributed by atoms with Crippen molar-refractivity contribution in [2.75, 3.05) is 13.7 Å². The average Bonchev–Trinajstić information content (AvgIpc) is 3.30. The SMILES string of the molecule is COCC12CCC(C)CC1CCC1C2CCC2(C)C1CC[C@@H]2C(=O)Cn1cc(Cl)cn1. The first-order valence-electron chi connectivity index (χ1n) is 12.6. The van der Waals surface area contributed by atoms with Gasteiger partial charge in [-0.05, 0) is 91.8 Å². The lowest BCUT2D eigenvalue weighted by Crippen LogP contribution is -2.56. The summed E-state index contributed by atoms with van der Waals surface area (Å²) in [6.07, 6.45) is 15.0. The molecule has 4 nitrogen and oxygen atoms in total. The molecule has 5 heteroatoms. The summed E-state index contributed by atoms with van der Waals surface area (Å²) in [7, 11) is 1.91. The van der Waals surface area contributed by atoms with E-state index in [2.05, 4.69) is 18.9 Å². The number of rotatable bonds is 5. The van der Waals surface area contributed by atoms with Gasteiger partial charge in [0.05, 0.1) is 24.4 Å². The molecule has 1 aromatic rings. The summed E-state index contributed by atoms with van der Waals surface area (Å²) in [5.41, 5.74) is 0.539. The van der Waals surface area contributed by atoms with Gasteiger partial charge in [-0.3, -0.25) is 9.48 Å². The third kappa shape index (κ3) is 3.51. The van der Waals surface area contributed by atoms with Gasteiger partial charge < -0.3 is 4.74 Å². The molecule has 4 saturated carbocycles. The zero-order chi connectivity index (χ0) is 21.8. The highest BCUT2D eigenvalue weighted by molar-refractivity contribution is 6.30. The van der Waals surface area contributed by atoms with Gasteiger partial charge in [0.25, 0.3) is 0 Å². The fraction of sp³-hybridized carbons (Fsp3) is 0.846. The van der Waals surface area contributed by atoms with E-state index < -0.39 is 0 Å². The van der Waals surface area contributed by atoms with Crippen LogP contribution in [-0.4, -0.2) is 29.3 Å². The minimum atomic E-state index is 0.151. The topological polar surface area (TPSA) is 44.1 Å². The number of methoxy groups -OCH3 is 1. The van der Waals surface area contributed by atoms with E-state index in [1.807, 2.05) is 7.11 Å². The van der Waals surface area contributed by atoms with Gasteiger partial charge >= 0.3 is 0 Å². The van der Waals surface area contributed by atoms with E-state index in [9.17, 15) is 4.79 Å². The molecule has 0 N–H and O–H groups in total. The molecular formula is C26H39ClN2O2. The quantitative estimate of drug-likeness (QED) is 0.554. The van der Waals surface area contributed by atoms with Crippen LogP contribution in [0.1, 0.15) is 71.6 Å². The Morgan fingerprint density at radius 2 is 2.03 bits per heavy atom. The zero-order valence-electron chi connectivity index (χ0n) is 19.5. The second-order valence-electron chi connectivity index (χ2n) is 11.7. The molecule has 1 aromatic heterocycles. The average molecular weight is 447 g/mol. The largest absolute Gasteiger partial charge is 0.384 e. The van der Waals surface area contributed by atoms with Crippen molar-refractivity contribution in [3.05, 3.63) is 17.4 Å². The Morgan fingerprint density at radius 1 is 1.19 bits per heavy atom. The molecule has 7 unspecified atom stereocenters. The van der Waals surface area contributed by atoms with Crippen molar-refractivity contribution < 1.29 is 9.53 Å². The highest BCUT2D eigenvalue weighted by atomic mass is 35.5. The third-order valence-corrected chi connectivity index (χ3v) is 10.5. The zero-order valence-corrected chi connectivity index (χ0v) is 20.2. The lowest BCUT2D eigenvalue weighted by Gasteiger charge is -2.61. The van der Waals surface area contributed by atoms with E-state index >= 15 is 0 Å². The Hall–Kier alpha value is -0.870. The summed E-state index contributed by atoms with van der Waals surface area (Å²) in [5.74, 6) is 4.48. The summed E-state index contributed by atoms with van der Waals surface area (Å²) in [6, 6.07) is 0. The summed E-state index contributed by atoms with van der Waals surface area (Å²) in [5, 5.41) is 4.85. The highest BCUT2D eigenvalue weighted by Crippen LogP contribution is 2.68. The maximum atomic E-state index is 13.3. The van der Waals surface area contributed by atoms with Crippen LogP contribution in [0.5, 0.6) is 0 Å². The Balaban J connectivity index is 1.37. The van der Waals surface area contributed by atoms with Crippen LogP contribution in [-0.2, 0) is 16.1 Å². The standard InChI is InChI=1S/C26H39ClN2O2/c1-17-8-11-26(16-31-3)18(12-17)4-5-20-21-6-7-23(25(21,2)10-9-22(20)26)24(30)15-29-14-19(27)13-28-29/h13-14,17-18,20-23H,4-12,15-16H2,1-3H3/t17?,18?,20?,21?,22?,23-,25?,26?/m1/s1. The van der Waals surface area contributed by atoms with Gasteiger partial charge in [0.2, 0.25) is 0 Å². The number of halogens is 1. The minimum absolute atomic E-state index is 0.151. The summed E-state index contributed by atoms with van der Waals surface area (Å²) in [6.45, 7) is 6.19. The molecule has 0 aliphatic heterocycles. The molecule has 5 rings (SSSR count). The Kier molecular flexibility index (Phi) is 5.78. The number of fused-ring (bicyclic) bond motifs is 5. The fourth-order valence-electron chi connectivity index (χ4n) is 9.04. The van der Waals surface area contributed by atoms with Crippen LogP contribution in [0.4, 0.5) is 0 Å². The van der Waals surface area contributed by atoms with Gasteiger partial charge in [-0.25, -0.2) is 0 Å². The van der Waals surface area contributed by atoms with Crippen molar-refractivity contribution in [1.82, 2.24) is 9.78 Å². The lowest BCUT2D eigenvalue weighted by atomic mass is 9.44. The lowest BCUT2D eigenvalue weighted by molar-refractivity contribution is -0.154. The highest BCUT2D eigenvalue weighted by Gasteiger charge is 2.62. The fourth-order valence-corrected chi connectivity index (χ4v) is 9.19. The van der Waals surface area contributed by atoms with Crippen molar-refractivity contribution in [3.63, 3.8) is 0 Å². The second-order valence-corrected chi connectivity index (χ2v) is 12.1. The number of ketones is 1. The van der Waals surface area contributed by atoms with E-state index in [1.165, 1.54) is 51.4 Å². The van der Waals surface area contributed by atoms with E-state index in [0.29, 0.717) is 28.7 Å². The minimum Gasteiger partial charge on any atom is -0.384 e. The first-order valence-corrected chi connectivity index (χ1v) is 12.9. The van der Waals surface area contributed by atoms with Crippen LogP contribution in [0.3, 0.4) is 0 Å². The maximum Gasteiger partial charge on any atom is 0.157 e. The molecule has 4 fully saturated rings. The molecular weight excluding hydrogens is 408 g/mol. The molecule has 4 aliphatic rings. The van der Waals surface area contributed by atoms with Gasteiger partial charge in [-0.1, -0.05) is 31.9 Å². The molecule has 0 aromatic carbocycles. The summed E-state index contributed by atoms with van der Waals surface area (Å²) < 4.78 is 7.63. The van der Waals surface area contributed by atoms with Crippen LogP contribution in [0.2, 0.25) is 5.02 Å². The van der Waals surface area contributed by atoms with Crippen molar-refractivity contribution in [2.45, 2.75) is 78.2 Å². The third-order valence-electron chi connectivity index (χ3n) is 10.3. The van der Waals surface area contributed by atoms with Crippen molar-refractivity contribution >= 4 is 17.4 Å². The van der Waals surface area contributed by atoms with Gasteiger partial charge in [-0.2, -0.15) is 5.10 Å². The molecule has 0 bridgehead atoms. The number of ether oxygens (including phenoxy) is 1. The molecule has 0 radical (unpaired) electrons. The van der Waals surface area contributed by atoms with Crippen LogP contribution >= 0.6 is 11.6 Å². The molecule has 8 atom stereocenters. The smallest absolute Gasteiger partial charge is 0.157 e. The van der Waals surface area contributed by atoms with Crippen molar-refractivity contribution in [3.8, 4) is 0 Å². The molecule has 0 spiro atoms. The van der Waals surface area contributed by atoms with Gasteiger partial charge in [0, 0.05) is 19.2 Å². The van der Waals surface area contributed by atoms with E-state index in [-0.39, 0.29) is 11.3 Å². The molecule has 31 heavy (non-hydrogen) atoms. The van der Waals surface area contributed by atoms with Crippen molar-refractivity contribution in [2.24, 2.45) is 46.3 Å². The maximum absolute atomic E-state index is 13.3. The predicted molar refractivity (Wildman–Crippen MR) is 123 cm³/mol. The van der Waals surface area contributed by atoms with E-state index in [0.717, 1.165) is 36.7 Å². The van der Waals surface area contributed by atoms with Gasteiger partial charge in [-0.15, -0.1) is 0 Å². The number of hydrogen-bond acceptors (Lipinski definition) is 3. The number of carbonyl (C=O) groups excluding carboxylic acids is 1. The number of Topliss-reactive ketones (excluding diaryl/α,β-unsaturated/α-hetero) is 1. The molecule has 0 saturated heterocycles. The number of hydrogen-bond donors (Lipinski definition) is 0. The van der Waals surface area contributed by atoms with Gasteiger partial charge in [0.1, 0.15) is 0 Å². The van der Waals surface area contributed by atoms with Crippen LogP contribution in [0.25, 0.3) is 0 Å². The first kappa shape index (κ1) is 21.9. The number of nitrogens with zero attached hydrogens (tertiary/aromatic N) is 2. The predicted octanol–water partition coefficient (Wildman–Crippen LogP) is 6.03. The second kappa shape index (κ2) is 8.17. The van der Waals surface area contributed by atoms with Gasteiger partial charge in [0.15, 0.2) is 5.78 Å². The van der Waals surface area contributed by atoms with Crippen molar-refractivity contribution in [1.29, 1.82) is 0 Å². The monoisotopic (exact) mass is 446 g/mol. The number of aromatic nitrogens is 2. The first-order chi connectivity index (χ1) is 14.9. The van der Waals surface area contributed by atoms with E-state index in [4.69, 9.17) is 16.3 Å². The molecule has 1 heterocycles. The normalized spacial score (nSPS) is 44.4. The Morgan fingerprint density at radius 3 is 2.77 bits per heavy atom. The molecule has 172 valence electrons. The Bertz CT molecular complexity index is 824. The Labute approximate surface area is 192 Å². The van der Waals surface area contributed by atoms with Crippen LogP contribution < -0.4 is 0 Å². The molecule has 4 aliphatic carbocycles. The number of carbonyl (C=O) groups is 1. The summed E-state index contributed by atoms with van der Waals surface area (Å²) in [4.78, 5) is 13.3. The van der Waals surface area contributed by atoms with Crippen LogP contribution in [0.15, 0.2) is 12.4 Å². The van der Waals surface area contributed by atoms with Crippen LogP contribution in [0, 0.1) is 46.3 Å². The molecule has 0 amide bonds. The van der Waals surface area contributed by atoms with E-state index in [1.54, 1.807) is 17.1 Å². The summed E-state index contributed by atoms with van der Waals surface area (Å²) >= 11 is 6.02.